The summed E-state index contributed by atoms with van der Waals surface area (Å²) in [6, 6.07) is 0.398. The summed E-state index contributed by atoms with van der Waals surface area (Å²) in [5, 5.41) is 0. The number of carbonyl (C=O) groups is 1. The maximum Gasteiger partial charge on any atom is 0.322 e. The summed E-state index contributed by atoms with van der Waals surface area (Å²) in [5.74, 6) is 1.26. The van der Waals surface area contributed by atoms with Gasteiger partial charge in [-0.25, -0.2) is 0 Å². The van der Waals surface area contributed by atoms with E-state index in [-0.39, 0.29) is 18.1 Å². The van der Waals surface area contributed by atoms with Gasteiger partial charge in [0.05, 0.1) is 0 Å². The van der Waals surface area contributed by atoms with Crippen LogP contribution in [0.15, 0.2) is 0 Å². The first-order chi connectivity index (χ1) is 14.0. The van der Waals surface area contributed by atoms with Gasteiger partial charge in [-0.15, -0.1) is 0 Å². The van der Waals surface area contributed by atoms with E-state index in [2.05, 4.69) is 39.9 Å². The van der Waals surface area contributed by atoms with Crippen LogP contribution in [0.5, 0.6) is 0 Å². The van der Waals surface area contributed by atoms with Gasteiger partial charge in [-0.2, -0.15) is 0 Å². The molecule has 0 aromatic carbocycles. The number of ether oxygens (including phenoxy) is 1. The summed E-state index contributed by atoms with van der Waals surface area (Å²) in [5.41, 5.74) is 0. The number of hydrogen-bond acceptors (Lipinski definition) is 3. The Hall–Kier alpha value is -0.505. The highest BCUT2D eigenvalue weighted by Gasteiger charge is 2.43. The molecular weight excluding hydrogens is 357 g/mol. The molecular formula is C25H47BNO2. The number of nitrogens with zero attached hydrogens (tertiary/aromatic N) is 1. The highest BCUT2D eigenvalue weighted by molar-refractivity contribution is 6.35. The number of rotatable bonds is 14. The first-order valence-electron chi connectivity index (χ1n) is 12.9. The Bertz CT molecular complexity index is 444. The molecule has 1 radical (unpaired) electrons. The van der Waals surface area contributed by atoms with Crippen molar-refractivity contribution in [3.8, 4) is 0 Å². The molecule has 4 unspecified atom stereocenters. The van der Waals surface area contributed by atoms with E-state index in [1.54, 1.807) is 0 Å². The molecule has 2 rings (SSSR count). The topological polar surface area (TPSA) is 29.5 Å². The monoisotopic (exact) mass is 404 g/mol. The minimum Gasteiger partial charge on any atom is -0.461 e. The Morgan fingerprint density at radius 1 is 0.897 bits per heavy atom. The largest absolute Gasteiger partial charge is 0.461 e. The maximum absolute atomic E-state index is 12.6. The fourth-order valence-corrected chi connectivity index (χ4v) is 5.39. The Kier molecular flexibility index (Phi) is 11.7. The second-order valence-corrected chi connectivity index (χ2v) is 10.00. The van der Waals surface area contributed by atoms with Crippen LogP contribution in [0.2, 0.25) is 5.82 Å². The van der Waals surface area contributed by atoms with Gasteiger partial charge >= 0.3 is 5.97 Å². The van der Waals surface area contributed by atoms with E-state index >= 15 is 0 Å². The summed E-state index contributed by atoms with van der Waals surface area (Å²) in [6.45, 7) is 9.20. The molecule has 2 aliphatic heterocycles. The fraction of sp³-hybridized carbons (Fsp3) is 0.960. The minimum atomic E-state index is -0.0369. The van der Waals surface area contributed by atoms with Crippen molar-refractivity contribution in [2.24, 2.45) is 5.92 Å². The molecule has 2 saturated heterocycles. The van der Waals surface area contributed by atoms with Crippen molar-refractivity contribution >= 4 is 13.4 Å². The van der Waals surface area contributed by atoms with Gasteiger partial charge < -0.3 is 9.55 Å². The maximum atomic E-state index is 12.6. The molecule has 2 aliphatic rings. The lowest BCUT2D eigenvalue weighted by atomic mass is 9.65. The van der Waals surface area contributed by atoms with Gasteiger partial charge in [0, 0.05) is 6.42 Å². The van der Waals surface area contributed by atoms with Crippen LogP contribution in [0, 0.1) is 5.92 Å². The molecule has 0 aromatic heterocycles. The predicted molar refractivity (Wildman–Crippen MR) is 124 cm³/mol. The second-order valence-electron chi connectivity index (χ2n) is 10.00. The van der Waals surface area contributed by atoms with Crippen molar-refractivity contribution < 1.29 is 9.53 Å². The highest BCUT2D eigenvalue weighted by atomic mass is 16.6. The molecule has 0 aliphatic carbocycles. The molecule has 167 valence electrons. The van der Waals surface area contributed by atoms with E-state index in [0.717, 1.165) is 12.8 Å². The van der Waals surface area contributed by atoms with E-state index in [1.165, 1.54) is 83.5 Å². The molecule has 0 amide bonds. The molecule has 0 aromatic rings. The number of fused-ring (bicyclic) bond motifs is 2. The van der Waals surface area contributed by atoms with Gasteiger partial charge in [0.25, 0.3) is 0 Å². The number of carbonyl (C=O) groups excluding carboxylic acids is 1. The molecule has 0 saturated carbocycles. The lowest BCUT2D eigenvalue weighted by Gasteiger charge is -2.37. The number of hydrogen-bond donors (Lipinski definition) is 0. The van der Waals surface area contributed by atoms with Crippen molar-refractivity contribution in [1.29, 1.82) is 0 Å². The van der Waals surface area contributed by atoms with Gasteiger partial charge in [0.1, 0.15) is 12.1 Å². The third kappa shape index (κ3) is 8.63. The lowest BCUT2D eigenvalue weighted by Crippen LogP contribution is -2.49. The first-order valence-corrected chi connectivity index (χ1v) is 12.9. The minimum absolute atomic E-state index is 0.0249. The van der Waals surface area contributed by atoms with Gasteiger partial charge in [-0.05, 0) is 24.8 Å². The Balaban J connectivity index is 1.94. The van der Waals surface area contributed by atoms with Crippen LogP contribution >= 0.6 is 0 Å². The van der Waals surface area contributed by atoms with Crippen molar-refractivity contribution in [3.63, 3.8) is 0 Å². The Morgan fingerprint density at radius 3 is 2.07 bits per heavy atom. The molecule has 0 N–H and O–H groups in total. The summed E-state index contributed by atoms with van der Waals surface area (Å²) in [7, 11) is 2.48. The summed E-state index contributed by atoms with van der Waals surface area (Å²) in [6.07, 6.45) is 19.2. The van der Waals surface area contributed by atoms with Crippen LogP contribution in [-0.4, -0.2) is 36.4 Å². The van der Waals surface area contributed by atoms with Gasteiger partial charge in [0.2, 0.25) is 7.41 Å². The third-order valence-corrected chi connectivity index (χ3v) is 7.06. The molecule has 4 heteroatoms. The van der Waals surface area contributed by atoms with E-state index in [1.807, 2.05) is 0 Å². The SMILES string of the molecule is CCCCCCCC([B]N1C(C)CC(C)CC2CC1C(=O)O2)CCCCCCC. The zero-order valence-corrected chi connectivity index (χ0v) is 19.8. The van der Waals surface area contributed by atoms with Crippen molar-refractivity contribution in [3.05, 3.63) is 0 Å². The molecule has 3 nitrogen and oxygen atoms in total. The standard InChI is InChI=1S/C25H47BNO2/c1-5-7-9-11-13-15-22(16-14-12-10-8-6-2)26-27-21(4)17-20(3)18-23-19-24(27)25(28)29-23/h20-24H,5-19H2,1-4H3. The molecule has 0 spiro atoms. The number of esters is 1. The quantitative estimate of drug-likeness (QED) is 0.179. The average Bonchev–Trinajstić information content (AvgIpc) is 3.04. The Morgan fingerprint density at radius 2 is 1.48 bits per heavy atom. The first kappa shape index (κ1) is 24.8. The normalized spacial score (nSPS) is 27.7. The second kappa shape index (κ2) is 13.7. The third-order valence-electron chi connectivity index (χ3n) is 7.06. The zero-order chi connectivity index (χ0) is 21.1. The Labute approximate surface area is 182 Å². The van der Waals surface area contributed by atoms with Crippen LogP contribution in [-0.2, 0) is 9.53 Å². The highest BCUT2D eigenvalue weighted by Crippen LogP contribution is 2.34. The van der Waals surface area contributed by atoms with Gasteiger partial charge in [-0.3, -0.25) is 4.79 Å². The van der Waals surface area contributed by atoms with Crippen molar-refractivity contribution in [1.82, 2.24) is 4.81 Å². The lowest BCUT2D eigenvalue weighted by molar-refractivity contribution is -0.144. The molecule has 4 atom stereocenters. The fourth-order valence-electron chi connectivity index (χ4n) is 5.39. The molecule has 2 bridgehead atoms. The van der Waals surface area contributed by atoms with Crippen LogP contribution < -0.4 is 0 Å². The summed E-state index contributed by atoms with van der Waals surface area (Å²) in [4.78, 5) is 15.0. The van der Waals surface area contributed by atoms with E-state index in [0.29, 0.717) is 17.8 Å². The van der Waals surface area contributed by atoms with Crippen molar-refractivity contribution in [2.75, 3.05) is 0 Å². The van der Waals surface area contributed by atoms with Gasteiger partial charge in [-0.1, -0.05) is 111 Å². The predicted octanol–water partition coefficient (Wildman–Crippen LogP) is 6.92. The molecule has 29 heavy (non-hydrogen) atoms. The van der Waals surface area contributed by atoms with Crippen LogP contribution in [0.4, 0.5) is 0 Å². The van der Waals surface area contributed by atoms with Crippen LogP contribution in [0.3, 0.4) is 0 Å². The van der Waals surface area contributed by atoms with E-state index in [9.17, 15) is 4.79 Å². The van der Waals surface area contributed by atoms with E-state index in [4.69, 9.17) is 4.74 Å². The average molecular weight is 404 g/mol. The smallest absolute Gasteiger partial charge is 0.322 e. The van der Waals surface area contributed by atoms with Crippen LogP contribution in [0.25, 0.3) is 0 Å². The van der Waals surface area contributed by atoms with Gasteiger partial charge in [0.15, 0.2) is 0 Å². The van der Waals surface area contributed by atoms with Crippen LogP contribution in [0.1, 0.15) is 124 Å². The van der Waals surface area contributed by atoms with E-state index < -0.39 is 0 Å². The molecule has 2 fully saturated rings. The summed E-state index contributed by atoms with van der Waals surface area (Å²) >= 11 is 0. The molecule has 2 heterocycles. The van der Waals surface area contributed by atoms with Crippen molar-refractivity contribution in [2.45, 2.75) is 148 Å². The zero-order valence-electron chi connectivity index (χ0n) is 19.8. The summed E-state index contributed by atoms with van der Waals surface area (Å²) < 4.78 is 5.73. The number of unbranched alkanes of at least 4 members (excludes halogenated alkanes) is 8.